The minimum absolute atomic E-state index is 0.0402. The Bertz CT molecular complexity index is 2420. The molecule has 0 bridgehead atoms. The fourth-order valence-electron chi connectivity index (χ4n) is 7.67. The van der Waals surface area contributed by atoms with E-state index in [4.69, 9.17) is 28.9 Å². The van der Waals surface area contributed by atoms with Crippen LogP contribution in [-0.2, 0) is 39.6 Å². The Labute approximate surface area is 310 Å². The number of aromatic nitrogens is 2. The number of methoxy groups -OCH3 is 2. The van der Waals surface area contributed by atoms with Crippen LogP contribution in [0, 0.1) is 0 Å². The number of hydrogen-bond donors (Lipinski definition) is 1. The number of carbonyl (C=O) groups excluding carboxylic acids is 2. The molecule has 13 nitrogen and oxygen atoms in total. The molecule has 13 heteroatoms. The van der Waals surface area contributed by atoms with Crippen LogP contribution in [0.4, 0.5) is 11.4 Å². The highest BCUT2D eigenvalue weighted by molar-refractivity contribution is 6.14. The summed E-state index contributed by atoms with van der Waals surface area (Å²) < 4.78 is 25.7. The normalized spacial score (nSPS) is 17.8. The second-order valence-electron chi connectivity index (χ2n) is 13.7. The molecule has 4 aliphatic rings. The highest BCUT2D eigenvalue weighted by Crippen LogP contribution is 2.41. The van der Waals surface area contributed by atoms with Crippen LogP contribution in [0.25, 0.3) is 0 Å². The lowest BCUT2D eigenvalue weighted by Gasteiger charge is -2.32. The number of imidazole rings is 1. The first kappa shape index (κ1) is 33.2. The van der Waals surface area contributed by atoms with Crippen LogP contribution >= 0.6 is 0 Å². The number of aromatic hydroxyl groups is 1. The zero-order valence-corrected chi connectivity index (χ0v) is 29.9. The fourth-order valence-corrected chi connectivity index (χ4v) is 7.67. The lowest BCUT2D eigenvalue weighted by molar-refractivity contribution is 0.0646. The van der Waals surface area contributed by atoms with E-state index in [9.17, 15) is 14.7 Å². The molecule has 0 spiro atoms. The Hall–Kier alpha value is -6.63. The lowest BCUT2D eigenvalue weighted by atomic mass is 10.0. The number of benzene rings is 4. The Kier molecular flexibility index (Phi) is 8.06. The minimum Gasteiger partial charge on any atom is -0.508 e. The van der Waals surface area contributed by atoms with Gasteiger partial charge in [-0.15, -0.1) is 0 Å². The number of rotatable bonds is 8. The average Bonchev–Trinajstić information content (AvgIpc) is 3.67. The van der Waals surface area contributed by atoms with Gasteiger partial charge in [-0.2, -0.15) is 0 Å². The number of amides is 2. The summed E-state index contributed by atoms with van der Waals surface area (Å²) in [6, 6.07) is 19.6. The smallest absolute Gasteiger partial charge is 0.261 e. The summed E-state index contributed by atoms with van der Waals surface area (Å²) in [4.78, 5) is 45.0. The molecule has 0 aliphatic carbocycles. The standard InChI is InChI=1S/C41H36N6O7/c1-45-22-44-32-19-46-39(16-34(32)45)43-17-26-12-37(35(51-2)13-29(26)40(46)49)53-20-23-8-24(10-28(48)9-23)21-54-38-15-31-30(14-36(38)52-3)41(50)47-27(18-42-31)11-25-6-4-5-7-33(25)47/h4-10,12-15,17-18,22,27,39,48H,11,16,19-21H2,1-3H3/t27?,39-/m0/s1. The molecule has 2 amide bonds. The van der Waals surface area contributed by atoms with Gasteiger partial charge in [-0.05, 0) is 59.2 Å². The van der Waals surface area contributed by atoms with E-state index in [0.29, 0.717) is 75.9 Å². The number of para-hydroxylation sites is 1. The van der Waals surface area contributed by atoms with Crippen molar-refractivity contribution in [3.8, 4) is 28.7 Å². The number of fused-ring (bicyclic) bond motifs is 7. The molecule has 272 valence electrons. The topological polar surface area (TPSA) is 140 Å². The molecule has 1 aromatic heterocycles. The third kappa shape index (κ3) is 5.68. The number of aliphatic imine (C=N–C) groups is 2. The Morgan fingerprint density at radius 1 is 0.833 bits per heavy atom. The van der Waals surface area contributed by atoms with Crippen LogP contribution in [0.15, 0.2) is 83.0 Å². The van der Waals surface area contributed by atoms with E-state index in [1.807, 2.05) is 48.2 Å². The minimum atomic E-state index is -0.340. The molecule has 0 fully saturated rings. The molecule has 0 saturated carbocycles. The van der Waals surface area contributed by atoms with Crippen LogP contribution in [0.1, 0.15) is 54.4 Å². The largest absolute Gasteiger partial charge is 0.508 e. The third-order valence-electron chi connectivity index (χ3n) is 10.4. The molecule has 4 aromatic carbocycles. The van der Waals surface area contributed by atoms with E-state index < -0.39 is 0 Å². The fraction of sp³-hybridized carbons (Fsp3) is 0.244. The summed E-state index contributed by atoms with van der Waals surface area (Å²) in [6.07, 6.45) is 6.23. The van der Waals surface area contributed by atoms with Crippen LogP contribution in [0.3, 0.4) is 0 Å². The Morgan fingerprint density at radius 3 is 2.31 bits per heavy atom. The molecular weight excluding hydrogens is 688 g/mol. The first-order valence-corrected chi connectivity index (χ1v) is 17.6. The van der Waals surface area contributed by atoms with Gasteiger partial charge in [0.2, 0.25) is 0 Å². The number of carbonyl (C=O) groups is 2. The maximum Gasteiger partial charge on any atom is 0.261 e. The van der Waals surface area contributed by atoms with Crippen molar-refractivity contribution in [2.45, 2.75) is 44.8 Å². The van der Waals surface area contributed by atoms with Crippen molar-refractivity contribution in [2.75, 3.05) is 19.1 Å². The van der Waals surface area contributed by atoms with E-state index in [1.54, 1.807) is 58.7 Å². The predicted molar refractivity (Wildman–Crippen MR) is 200 cm³/mol. The summed E-state index contributed by atoms with van der Waals surface area (Å²) in [5.41, 5.74) is 7.31. The molecule has 2 atom stereocenters. The van der Waals surface area contributed by atoms with E-state index in [1.165, 1.54) is 14.2 Å². The molecule has 0 saturated heterocycles. The number of aryl methyl sites for hydroxylation is 1. The molecule has 1 unspecified atom stereocenters. The van der Waals surface area contributed by atoms with Crippen LogP contribution in [0.2, 0.25) is 0 Å². The number of nitrogens with zero attached hydrogens (tertiary/aromatic N) is 6. The number of hydrogen-bond acceptors (Lipinski definition) is 10. The van der Waals surface area contributed by atoms with Gasteiger partial charge in [0.05, 0.1) is 55.6 Å². The molecule has 54 heavy (non-hydrogen) atoms. The van der Waals surface area contributed by atoms with Crippen molar-refractivity contribution >= 4 is 35.6 Å². The maximum absolute atomic E-state index is 13.8. The van der Waals surface area contributed by atoms with E-state index in [2.05, 4.69) is 4.98 Å². The summed E-state index contributed by atoms with van der Waals surface area (Å²) >= 11 is 0. The second kappa shape index (κ2) is 13.1. The molecule has 5 heterocycles. The van der Waals surface area contributed by atoms with Gasteiger partial charge >= 0.3 is 0 Å². The molecule has 0 radical (unpaired) electrons. The van der Waals surface area contributed by atoms with Crippen molar-refractivity contribution < 1.29 is 33.6 Å². The summed E-state index contributed by atoms with van der Waals surface area (Å²) in [5.74, 6) is 1.36. The van der Waals surface area contributed by atoms with Gasteiger partial charge in [0, 0.05) is 55.3 Å². The number of ether oxygens (including phenoxy) is 4. The molecule has 5 aromatic rings. The Morgan fingerprint density at radius 2 is 1.56 bits per heavy atom. The zero-order valence-electron chi connectivity index (χ0n) is 29.9. The first-order valence-electron chi connectivity index (χ1n) is 17.6. The first-order chi connectivity index (χ1) is 26.3. The lowest BCUT2D eigenvalue weighted by Crippen LogP contribution is -2.43. The zero-order chi connectivity index (χ0) is 37.1. The maximum atomic E-state index is 13.8. The summed E-state index contributed by atoms with van der Waals surface area (Å²) in [5, 5.41) is 10.7. The Balaban J connectivity index is 0.918. The van der Waals surface area contributed by atoms with E-state index in [-0.39, 0.29) is 43.0 Å². The molecule has 9 rings (SSSR count). The molecular formula is C41H36N6O7. The van der Waals surface area contributed by atoms with Crippen LogP contribution < -0.4 is 23.8 Å². The van der Waals surface area contributed by atoms with Crippen LogP contribution in [-0.4, -0.2) is 70.2 Å². The third-order valence-corrected chi connectivity index (χ3v) is 10.4. The number of anilines is 1. The van der Waals surface area contributed by atoms with Gasteiger partial charge in [0.25, 0.3) is 11.8 Å². The van der Waals surface area contributed by atoms with Crippen LogP contribution in [0.5, 0.6) is 28.7 Å². The molecule has 4 aliphatic heterocycles. The van der Waals surface area contributed by atoms with Gasteiger partial charge in [0.15, 0.2) is 23.0 Å². The van der Waals surface area contributed by atoms with Gasteiger partial charge in [-0.1, -0.05) is 18.2 Å². The summed E-state index contributed by atoms with van der Waals surface area (Å²) in [7, 11) is 5.00. The summed E-state index contributed by atoms with van der Waals surface area (Å²) in [6.45, 7) is 0.563. The molecule has 1 N–H and O–H groups in total. The SMILES string of the molecule is COc1cc2c(cc1OCc1cc(O)cc(COc3cc4c(cc3OC)C(=O)N3c5ccccc5CC3C=N4)c1)C=N[C@@H]1Cc3c(ncn3C)CN1C2=O. The van der Waals surface area contributed by atoms with Gasteiger partial charge < -0.3 is 33.5 Å². The van der Waals surface area contributed by atoms with Gasteiger partial charge in [-0.3, -0.25) is 24.5 Å². The predicted octanol–water partition coefficient (Wildman–Crippen LogP) is 5.55. The van der Waals surface area contributed by atoms with Crippen molar-refractivity contribution in [2.24, 2.45) is 17.0 Å². The van der Waals surface area contributed by atoms with Gasteiger partial charge in [0.1, 0.15) is 25.1 Å². The van der Waals surface area contributed by atoms with Crippen molar-refractivity contribution in [3.05, 3.63) is 118 Å². The van der Waals surface area contributed by atoms with Crippen molar-refractivity contribution in [1.29, 1.82) is 0 Å². The average molecular weight is 725 g/mol. The van der Waals surface area contributed by atoms with E-state index in [0.717, 1.165) is 22.6 Å². The second-order valence-corrected chi connectivity index (χ2v) is 13.7. The number of phenols is 1. The highest BCUT2D eigenvalue weighted by Gasteiger charge is 2.37. The highest BCUT2D eigenvalue weighted by atomic mass is 16.5. The monoisotopic (exact) mass is 724 g/mol. The number of phenolic OH excluding ortho intramolecular Hbond substituents is 1. The van der Waals surface area contributed by atoms with Gasteiger partial charge in [-0.25, -0.2) is 4.98 Å². The quantitative estimate of drug-likeness (QED) is 0.220. The van der Waals surface area contributed by atoms with E-state index >= 15 is 0 Å². The van der Waals surface area contributed by atoms with Crippen molar-refractivity contribution in [1.82, 2.24) is 14.5 Å². The van der Waals surface area contributed by atoms with Crippen molar-refractivity contribution in [3.63, 3.8) is 0 Å².